The second-order valence-electron chi connectivity index (χ2n) is 5.71. The van der Waals surface area contributed by atoms with E-state index >= 15 is 0 Å². The van der Waals surface area contributed by atoms with Crippen LogP contribution in [0, 0.1) is 11.3 Å². The van der Waals surface area contributed by atoms with E-state index < -0.39 is 0 Å². The maximum Gasteiger partial charge on any atom is 0.165 e. The van der Waals surface area contributed by atoms with E-state index in [1.54, 1.807) is 13.2 Å². The molecule has 0 saturated heterocycles. The molecule has 6 heteroatoms. The zero-order valence-electron chi connectivity index (χ0n) is 14.5. The molecule has 5 nitrogen and oxygen atoms in total. The summed E-state index contributed by atoms with van der Waals surface area (Å²) in [7, 11) is 1.61. The minimum absolute atomic E-state index is 0.399. The summed E-state index contributed by atoms with van der Waals surface area (Å²) in [6, 6.07) is 21.4. The van der Waals surface area contributed by atoms with E-state index in [9.17, 15) is 5.26 Å². The fourth-order valence-corrected chi connectivity index (χ4v) is 3.41. The molecule has 0 atom stereocenters. The lowest BCUT2D eigenvalue weighted by atomic mass is 10.2. The lowest BCUT2D eigenvalue weighted by Crippen LogP contribution is -1.84. The predicted molar refractivity (Wildman–Crippen MR) is 105 cm³/mol. The Morgan fingerprint density at radius 1 is 1.19 bits per heavy atom. The molecule has 0 saturated carbocycles. The number of nitriles is 1. The summed E-state index contributed by atoms with van der Waals surface area (Å²) in [5, 5.41) is 10.3. The predicted octanol–water partition coefficient (Wildman–Crippen LogP) is 5.38. The summed E-state index contributed by atoms with van der Waals surface area (Å²) in [5.74, 6) is 1.83. The Labute approximate surface area is 160 Å². The molecule has 0 amide bonds. The van der Waals surface area contributed by atoms with Crippen molar-refractivity contribution in [2.75, 3.05) is 7.11 Å². The van der Waals surface area contributed by atoms with Gasteiger partial charge in [-0.2, -0.15) is 5.26 Å². The first-order valence-electron chi connectivity index (χ1n) is 8.24. The molecule has 0 aliphatic heterocycles. The van der Waals surface area contributed by atoms with Gasteiger partial charge in [0.15, 0.2) is 5.09 Å². The number of hydrogen-bond donors (Lipinski definition) is 1. The first kappa shape index (κ1) is 17.0. The molecule has 0 fully saturated rings. The van der Waals surface area contributed by atoms with Gasteiger partial charge in [-0.3, -0.25) is 0 Å². The average Bonchev–Trinajstić information content (AvgIpc) is 3.32. The number of methoxy groups -OCH3 is 1. The molecule has 4 aromatic rings. The van der Waals surface area contributed by atoms with Crippen LogP contribution in [0.2, 0.25) is 0 Å². The van der Waals surface area contributed by atoms with Gasteiger partial charge in [-0.25, -0.2) is 4.98 Å². The molecule has 0 radical (unpaired) electrons. The third-order valence-electron chi connectivity index (χ3n) is 3.91. The number of H-pyrrole nitrogens is 1. The van der Waals surface area contributed by atoms with Crippen molar-refractivity contribution in [3.05, 3.63) is 72.2 Å². The standard InChI is InChI=1S/C21H15N3O2S/c1-25-15-7-9-18-19(12-15)24-21(23-18)14(13-22)11-16-8-10-20(26-16)27-17-5-3-2-4-6-17/h2-12H,1H3,(H,23,24). The molecule has 27 heavy (non-hydrogen) atoms. The lowest BCUT2D eigenvalue weighted by molar-refractivity contribution is 0.415. The summed E-state index contributed by atoms with van der Waals surface area (Å²) < 4.78 is 11.0. The highest BCUT2D eigenvalue weighted by molar-refractivity contribution is 7.99. The van der Waals surface area contributed by atoms with Gasteiger partial charge in [0, 0.05) is 17.0 Å². The van der Waals surface area contributed by atoms with Crippen LogP contribution in [0.5, 0.6) is 5.75 Å². The number of rotatable bonds is 5. The Balaban J connectivity index is 1.61. The Morgan fingerprint density at radius 2 is 2.04 bits per heavy atom. The average molecular weight is 373 g/mol. The Hall–Kier alpha value is -3.43. The maximum atomic E-state index is 9.56. The molecule has 0 bridgehead atoms. The summed E-state index contributed by atoms with van der Waals surface area (Å²) in [4.78, 5) is 8.73. The second-order valence-corrected chi connectivity index (χ2v) is 6.79. The topological polar surface area (TPSA) is 74.8 Å². The molecule has 0 aliphatic rings. The van der Waals surface area contributed by atoms with Crippen molar-refractivity contribution in [1.29, 1.82) is 5.26 Å². The number of aromatic nitrogens is 2. The van der Waals surface area contributed by atoms with Gasteiger partial charge in [0.1, 0.15) is 23.4 Å². The highest BCUT2D eigenvalue weighted by Crippen LogP contribution is 2.30. The van der Waals surface area contributed by atoms with Crippen molar-refractivity contribution in [3.8, 4) is 11.8 Å². The first-order valence-corrected chi connectivity index (χ1v) is 9.05. The number of benzene rings is 2. The van der Waals surface area contributed by atoms with Gasteiger partial charge in [-0.1, -0.05) is 30.0 Å². The van der Waals surface area contributed by atoms with Crippen molar-refractivity contribution in [1.82, 2.24) is 9.97 Å². The van der Waals surface area contributed by atoms with Crippen LogP contribution >= 0.6 is 11.8 Å². The van der Waals surface area contributed by atoms with E-state index in [0.717, 1.165) is 26.8 Å². The fraction of sp³-hybridized carbons (Fsp3) is 0.0476. The summed E-state index contributed by atoms with van der Waals surface area (Å²) in [5.41, 5.74) is 1.98. The van der Waals surface area contributed by atoms with Crippen LogP contribution < -0.4 is 4.74 Å². The molecular weight excluding hydrogens is 358 g/mol. The van der Waals surface area contributed by atoms with Crippen LogP contribution in [0.3, 0.4) is 0 Å². The summed E-state index contributed by atoms with van der Waals surface area (Å²) >= 11 is 1.53. The van der Waals surface area contributed by atoms with E-state index in [2.05, 4.69) is 16.0 Å². The fourth-order valence-electron chi connectivity index (χ4n) is 2.61. The molecule has 0 spiro atoms. The lowest BCUT2D eigenvalue weighted by Gasteiger charge is -1.97. The van der Waals surface area contributed by atoms with E-state index in [0.29, 0.717) is 17.2 Å². The highest BCUT2D eigenvalue weighted by Gasteiger charge is 2.10. The molecule has 0 aliphatic carbocycles. The minimum Gasteiger partial charge on any atom is -0.497 e. The molecule has 132 valence electrons. The second kappa shape index (κ2) is 7.44. The molecule has 4 rings (SSSR count). The number of imidazole rings is 1. The van der Waals surface area contributed by atoms with E-state index in [4.69, 9.17) is 9.15 Å². The van der Waals surface area contributed by atoms with Crippen molar-refractivity contribution in [2.45, 2.75) is 9.99 Å². The van der Waals surface area contributed by atoms with Gasteiger partial charge in [-0.15, -0.1) is 0 Å². The normalized spacial score (nSPS) is 11.5. The Kier molecular flexibility index (Phi) is 4.69. The number of nitrogens with one attached hydrogen (secondary N) is 1. The van der Waals surface area contributed by atoms with Crippen LogP contribution in [0.25, 0.3) is 22.7 Å². The molecule has 2 aromatic carbocycles. The van der Waals surface area contributed by atoms with Crippen molar-refractivity contribution in [2.24, 2.45) is 0 Å². The van der Waals surface area contributed by atoms with Gasteiger partial charge < -0.3 is 14.1 Å². The van der Waals surface area contributed by atoms with Gasteiger partial charge >= 0.3 is 0 Å². The Morgan fingerprint density at radius 3 is 2.81 bits per heavy atom. The van der Waals surface area contributed by atoms with Crippen molar-refractivity contribution < 1.29 is 9.15 Å². The monoisotopic (exact) mass is 373 g/mol. The number of fused-ring (bicyclic) bond motifs is 1. The van der Waals surface area contributed by atoms with Crippen LogP contribution in [-0.4, -0.2) is 17.1 Å². The third kappa shape index (κ3) is 3.73. The zero-order valence-corrected chi connectivity index (χ0v) is 15.3. The Bertz CT molecular complexity index is 1150. The maximum absolute atomic E-state index is 9.56. The number of allylic oxidation sites excluding steroid dienone is 1. The van der Waals surface area contributed by atoms with Crippen LogP contribution in [0.4, 0.5) is 0 Å². The van der Waals surface area contributed by atoms with Gasteiger partial charge in [0.2, 0.25) is 0 Å². The molecular formula is C21H15N3O2S. The number of ether oxygens (including phenoxy) is 1. The van der Waals surface area contributed by atoms with E-state index in [-0.39, 0.29) is 0 Å². The van der Waals surface area contributed by atoms with Crippen LogP contribution in [0.1, 0.15) is 11.6 Å². The van der Waals surface area contributed by atoms with E-state index in [1.165, 1.54) is 11.8 Å². The van der Waals surface area contributed by atoms with Gasteiger partial charge in [0.05, 0.1) is 23.7 Å². The highest BCUT2D eigenvalue weighted by atomic mass is 32.2. The summed E-state index contributed by atoms with van der Waals surface area (Å²) in [6.07, 6.45) is 1.68. The number of nitrogens with zero attached hydrogens (tertiary/aromatic N) is 2. The summed E-state index contributed by atoms with van der Waals surface area (Å²) in [6.45, 7) is 0. The smallest absolute Gasteiger partial charge is 0.165 e. The molecule has 0 unspecified atom stereocenters. The number of furan rings is 1. The SMILES string of the molecule is COc1ccc2nc(C(C#N)=Cc3ccc(Sc4ccccc4)o3)[nH]c2c1. The number of hydrogen-bond acceptors (Lipinski definition) is 5. The van der Waals surface area contributed by atoms with Crippen molar-refractivity contribution >= 4 is 34.4 Å². The number of aromatic amines is 1. The largest absolute Gasteiger partial charge is 0.497 e. The van der Waals surface area contributed by atoms with Gasteiger partial charge in [0.25, 0.3) is 0 Å². The molecule has 2 aromatic heterocycles. The van der Waals surface area contributed by atoms with Gasteiger partial charge in [-0.05, 0) is 36.4 Å². The van der Waals surface area contributed by atoms with Crippen LogP contribution in [-0.2, 0) is 0 Å². The zero-order chi connectivity index (χ0) is 18.6. The quantitative estimate of drug-likeness (QED) is 0.475. The molecule has 2 heterocycles. The van der Waals surface area contributed by atoms with Crippen LogP contribution in [0.15, 0.2) is 75.1 Å². The van der Waals surface area contributed by atoms with E-state index in [1.807, 2.05) is 60.7 Å². The molecule has 1 N–H and O–H groups in total. The minimum atomic E-state index is 0.399. The van der Waals surface area contributed by atoms with Crippen molar-refractivity contribution in [3.63, 3.8) is 0 Å². The third-order valence-corrected chi connectivity index (χ3v) is 4.84. The first-order chi connectivity index (χ1) is 13.2.